The van der Waals surface area contributed by atoms with Gasteiger partial charge in [0.1, 0.15) is 5.00 Å². The van der Waals surface area contributed by atoms with Gasteiger partial charge in [-0.15, -0.1) is 15.0 Å². The highest BCUT2D eigenvalue weighted by molar-refractivity contribution is 8.10. The Bertz CT molecular complexity index is 1280. The Balaban J connectivity index is 1.91. The lowest BCUT2D eigenvalue weighted by Gasteiger charge is -2.22. The third kappa shape index (κ3) is 3.77. The number of nitrogens with zero attached hydrogens (tertiary/aromatic N) is 1. The van der Waals surface area contributed by atoms with Crippen LogP contribution in [-0.4, -0.2) is 16.8 Å². The third-order valence-electron chi connectivity index (χ3n) is 4.35. The fourth-order valence-corrected chi connectivity index (χ4v) is 8.09. The molecule has 1 heterocycles. The van der Waals surface area contributed by atoms with Gasteiger partial charge in [-0.05, 0) is 42.0 Å². The van der Waals surface area contributed by atoms with E-state index in [1.54, 1.807) is 42.5 Å². The number of thiophene rings is 1. The molecular formula is C22H17NO4S3. The fraction of sp³-hybridized carbons (Fsp3) is 0. The maximum absolute atomic E-state index is 13.5. The second-order valence-electron chi connectivity index (χ2n) is 6.34. The summed E-state index contributed by atoms with van der Waals surface area (Å²) in [6.45, 7) is 0. The predicted octanol–water partition coefficient (Wildman–Crippen LogP) is 5.00. The second-order valence-corrected chi connectivity index (χ2v) is 11.2. The van der Waals surface area contributed by atoms with Crippen LogP contribution >= 0.6 is 11.3 Å². The van der Waals surface area contributed by atoms with Crippen LogP contribution in [0.5, 0.6) is 0 Å². The van der Waals surface area contributed by atoms with Crippen LogP contribution in [0.3, 0.4) is 0 Å². The molecule has 1 aromatic heterocycles. The minimum absolute atomic E-state index is 0.0980. The summed E-state index contributed by atoms with van der Waals surface area (Å²) in [6.07, 6.45) is 0. The van der Waals surface area contributed by atoms with Gasteiger partial charge in [0.25, 0.3) is 20.0 Å². The molecule has 3 aromatic carbocycles. The number of hydrogen-bond donors (Lipinski definition) is 0. The van der Waals surface area contributed by atoms with E-state index in [0.29, 0.717) is 3.71 Å². The second kappa shape index (κ2) is 8.06. The molecule has 0 spiro atoms. The van der Waals surface area contributed by atoms with Crippen LogP contribution in [0.15, 0.2) is 113 Å². The standard InChI is InChI=1S/C22H17NO4S3/c24-29(25,19-12-6-2-7-13-19)23(30(26,27)20-14-8-3-9-15-20)22-17-16-21(28-22)18-10-4-1-5-11-18/h1-17H. The van der Waals surface area contributed by atoms with Crippen LogP contribution in [0.2, 0.25) is 0 Å². The van der Waals surface area contributed by atoms with Crippen molar-refractivity contribution in [1.29, 1.82) is 0 Å². The number of hydrogen-bond acceptors (Lipinski definition) is 5. The van der Waals surface area contributed by atoms with E-state index in [-0.39, 0.29) is 14.8 Å². The molecule has 0 amide bonds. The first-order valence-corrected chi connectivity index (χ1v) is 12.7. The van der Waals surface area contributed by atoms with Crippen molar-refractivity contribution < 1.29 is 16.8 Å². The summed E-state index contributed by atoms with van der Waals surface area (Å²) in [5.74, 6) is 0. The molecule has 0 N–H and O–H groups in total. The fourth-order valence-electron chi connectivity index (χ4n) is 2.93. The van der Waals surface area contributed by atoms with Gasteiger partial charge in [-0.25, -0.2) is 0 Å². The van der Waals surface area contributed by atoms with E-state index in [4.69, 9.17) is 0 Å². The van der Waals surface area contributed by atoms with E-state index in [1.807, 2.05) is 30.3 Å². The summed E-state index contributed by atoms with van der Waals surface area (Å²) < 4.78 is 54.3. The molecule has 0 aliphatic rings. The Morgan fingerprint density at radius 2 is 0.967 bits per heavy atom. The van der Waals surface area contributed by atoms with Gasteiger partial charge in [0.2, 0.25) is 0 Å². The maximum Gasteiger partial charge on any atom is 0.278 e. The Hall–Kier alpha value is -2.94. The van der Waals surface area contributed by atoms with E-state index in [1.165, 1.54) is 30.3 Å². The molecular weight excluding hydrogens is 438 g/mol. The summed E-state index contributed by atoms with van der Waals surface area (Å²) in [6, 6.07) is 27.8. The van der Waals surface area contributed by atoms with Crippen LogP contribution in [0.25, 0.3) is 10.4 Å². The molecule has 0 saturated carbocycles. The molecule has 8 heteroatoms. The largest absolute Gasteiger partial charge is 0.278 e. The maximum atomic E-state index is 13.5. The molecule has 0 aliphatic heterocycles. The zero-order valence-electron chi connectivity index (χ0n) is 15.6. The number of sulfonamides is 2. The van der Waals surface area contributed by atoms with Gasteiger partial charge in [-0.2, -0.15) is 16.8 Å². The summed E-state index contributed by atoms with van der Waals surface area (Å²) in [4.78, 5) is 0.570. The lowest BCUT2D eigenvalue weighted by Crippen LogP contribution is -2.36. The third-order valence-corrected chi connectivity index (χ3v) is 9.88. The summed E-state index contributed by atoms with van der Waals surface area (Å²) in [7, 11) is -8.75. The number of rotatable bonds is 6. The highest BCUT2D eigenvalue weighted by Gasteiger charge is 2.37. The van der Waals surface area contributed by atoms with Crippen LogP contribution in [-0.2, 0) is 20.0 Å². The van der Waals surface area contributed by atoms with Gasteiger partial charge in [0.05, 0.1) is 9.79 Å². The minimum Gasteiger partial charge on any atom is -0.200 e. The Morgan fingerprint density at radius 3 is 1.43 bits per heavy atom. The SMILES string of the molecule is O=S(=O)(c1ccccc1)N(c1ccc(-c2ccccc2)s1)S(=O)(=O)c1ccccc1. The van der Waals surface area contributed by atoms with Crippen molar-refractivity contribution in [1.82, 2.24) is 0 Å². The van der Waals surface area contributed by atoms with Crippen LogP contribution in [0.1, 0.15) is 0 Å². The lowest BCUT2D eigenvalue weighted by molar-refractivity contribution is 0.584. The Kier molecular flexibility index (Phi) is 5.46. The molecule has 30 heavy (non-hydrogen) atoms. The normalized spacial score (nSPS) is 11.9. The lowest BCUT2D eigenvalue weighted by atomic mass is 10.2. The first-order valence-electron chi connectivity index (χ1n) is 8.96. The van der Waals surface area contributed by atoms with E-state index in [2.05, 4.69) is 0 Å². The summed E-state index contributed by atoms with van der Waals surface area (Å²) in [5.41, 5.74) is 0.878. The summed E-state index contributed by atoms with van der Waals surface area (Å²) >= 11 is 1.10. The molecule has 0 bridgehead atoms. The van der Waals surface area contributed by atoms with Crippen molar-refractivity contribution in [2.45, 2.75) is 9.79 Å². The van der Waals surface area contributed by atoms with Gasteiger partial charge in [0, 0.05) is 4.88 Å². The van der Waals surface area contributed by atoms with Gasteiger partial charge in [-0.3, -0.25) is 0 Å². The monoisotopic (exact) mass is 455 g/mol. The predicted molar refractivity (Wildman–Crippen MR) is 119 cm³/mol. The summed E-state index contributed by atoms with van der Waals surface area (Å²) in [5, 5.41) is 0.0987. The zero-order valence-corrected chi connectivity index (χ0v) is 18.1. The molecule has 0 atom stereocenters. The topological polar surface area (TPSA) is 71.5 Å². The Labute approximate surface area is 180 Å². The van der Waals surface area contributed by atoms with Crippen molar-refractivity contribution in [3.8, 4) is 10.4 Å². The minimum atomic E-state index is -4.37. The number of benzene rings is 3. The first-order chi connectivity index (χ1) is 14.4. The molecule has 0 fully saturated rings. The molecule has 152 valence electrons. The van der Waals surface area contributed by atoms with Crippen molar-refractivity contribution in [2.75, 3.05) is 3.71 Å². The van der Waals surface area contributed by atoms with Gasteiger partial charge in [-0.1, -0.05) is 66.7 Å². The average Bonchev–Trinajstić information content (AvgIpc) is 3.24. The van der Waals surface area contributed by atoms with E-state index in [0.717, 1.165) is 21.8 Å². The quantitative estimate of drug-likeness (QED) is 0.410. The molecule has 0 aliphatic carbocycles. The highest BCUT2D eigenvalue weighted by atomic mass is 32.3. The molecule has 4 aromatic rings. The highest BCUT2D eigenvalue weighted by Crippen LogP contribution is 2.39. The van der Waals surface area contributed by atoms with Crippen molar-refractivity contribution in [2.24, 2.45) is 0 Å². The smallest absolute Gasteiger partial charge is 0.200 e. The average molecular weight is 456 g/mol. The Morgan fingerprint density at radius 1 is 0.533 bits per heavy atom. The van der Waals surface area contributed by atoms with Crippen LogP contribution in [0, 0.1) is 0 Å². The van der Waals surface area contributed by atoms with Crippen LogP contribution < -0.4 is 3.71 Å². The molecule has 4 rings (SSSR count). The van der Waals surface area contributed by atoms with E-state index < -0.39 is 20.0 Å². The van der Waals surface area contributed by atoms with Gasteiger partial charge in [0.15, 0.2) is 0 Å². The number of anilines is 1. The van der Waals surface area contributed by atoms with Crippen molar-refractivity contribution in [3.05, 3.63) is 103 Å². The van der Waals surface area contributed by atoms with Gasteiger partial charge >= 0.3 is 0 Å². The van der Waals surface area contributed by atoms with E-state index in [9.17, 15) is 16.8 Å². The van der Waals surface area contributed by atoms with E-state index >= 15 is 0 Å². The van der Waals surface area contributed by atoms with Gasteiger partial charge < -0.3 is 0 Å². The molecule has 0 unspecified atom stereocenters. The van der Waals surface area contributed by atoms with Crippen molar-refractivity contribution in [3.63, 3.8) is 0 Å². The molecule has 0 radical (unpaired) electrons. The van der Waals surface area contributed by atoms with Crippen molar-refractivity contribution >= 4 is 36.4 Å². The zero-order chi connectivity index (χ0) is 21.2. The molecule has 5 nitrogen and oxygen atoms in total. The molecule has 0 saturated heterocycles. The van der Waals surface area contributed by atoms with Crippen LogP contribution in [0.4, 0.5) is 5.00 Å². The first kappa shape index (κ1) is 20.3.